The number of fused-ring (bicyclic) bond motifs is 2. The van der Waals surface area contributed by atoms with Gasteiger partial charge in [-0.2, -0.15) is 0 Å². The van der Waals surface area contributed by atoms with E-state index in [0.29, 0.717) is 6.54 Å². The van der Waals surface area contributed by atoms with Gasteiger partial charge in [0.15, 0.2) is 0 Å². The van der Waals surface area contributed by atoms with E-state index in [-0.39, 0.29) is 6.03 Å². The van der Waals surface area contributed by atoms with Gasteiger partial charge in [-0.3, -0.25) is 4.90 Å². The van der Waals surface area contributed by atoms with Crippen molar-refractivity contribution in [2.75, 3.05) is 11.4 Å². The van der Waals surface area contributed by atoms with Crippen molar-refractivity contribution in [2.24, 2.45) is 0 Å². The van der Waals surface area contributed by atoms with Gasteiger partial charge in [-0.25, -0.2) is 4.79 Å². The average molecular weight is 360 g/mol. The Hall–Kier alpha value is -2.72. The summed E-state index contributed by atoms with van der Waals surface area (Å²) in [7, 11) is 0. The Morgan fingerprint density at radius 2 is 1.38 bits per heavy atom. The van der Waals surface area contributed by atoms with Crippen LogP contribution in [0.4, 0.5) is 16.2 Å². The molecule has 0 aliphatic carbocycles. The summed E-state index contributed by atoms with van der Waals surface area (Å²) in [5.74, 6) is 0. The molecule has 3 aromatic rings. The number of rotatable bonds is 4. The summed E-state index contributed by atoms with van der Waals surface area (Å²) in [6.07, 6.45) is 1.88. The molecule has 0 unspecified atom stereocenters. The van der Waals surface area contributed by atoms with E-state index in [0.717, 1.165) is 34.0 Å². The zero-order chi connectivity index (χ0) is 17.8. The van der Waals surface area contributed by atoms with Crippen LogP contribution in [0.5, 0.6) is 0 Å². The number of hydrogen-bond acceptors (Lipinski definition) is 2. The Labute approximate surface area is 158 Å². The van der Waals surface area contributed by atoms with Crippen LogP contribution >= 0.6 is 11.8 Å². The second kappa shape index (κ2) is 7.67. The van der Waals surface area contributed by atoms with Gasteiger partial charge in [0.25, 0.3) is 0 Å². The van der Waals surface area contributed by atoms with E-state index in [4.69, 9.17) is 0 Å². The average Bonchev–Trinajstić information content (AvgIpc) is 2.70. The monoisotopic (exact) mass is 360 g/mol. The second-order valence-corrected chi connectivity index (χ2v) is 7.28. The standard InChI is InChI=1S/C22H20N2OS/c25-22(23-16-8-11-17-9-2-1-3-10-17)24-18-12-4-6-14-20(18)26-21-15-7-5-13-19(21)24/h1-7,9-10,12-15H,8,11,16H2,(H,23,25). The van der Waals surface area contributed by atoms with Crippen LogP contribution in [0.25, 0.3) is 0 Å². The highest BCUT2D eigenvalue weighted by Crippen LogP contribution is 2.47. The highest BCUT2D eigenvalue weighted by Gasteiger charge is 2.27. The highest BCUT2D eigenvalue weighted by atomic mass is 32.2. The molecule has 0 saturated heterocycles. The van der Waals surface area contributed by atoms with E-state index in [9.17, 15) is 4.79 Å². The molecule has 1 aliphatic heterocycles. The smallest absolute Gasteiger partial charge is 0.326 e. The van der Waals surface area contributed by atoms with Crippen molar-refractivity contribution in [3.8, 4) is 0 Å². The van der Waals surface area contributed by atoms with Gasteiger partial charge >= 0.3 is 6.03 Å². The van der Waals surface area contributed by atoms with Gasteiger partial charge in [0.05, 0.1) is 11.4 Å². The Morgan fingerprint density at radius 1 is 0.808 bits per heavy atom. The SMILES string of the molecule is O=C(NCCCc1ccccc1)N1c2ccccc2Sc2ccccc21. The number of anilines is 2. The van der Waals surface area contributed by atoms with E-state index in [1.165, 1.54) is 5.56 Å². The lowest BCUT2D eigenvalue weighted by Gasteiger charge is -2.31. The van der Waals surface area contributed by atoms with E-state index in [1.54, 1.807) is 16.7 Å². The first-order valence-electron chi connectivity index (χ1n) is 8.81. The summed E-state index contributed by atoms with van der Waals surface area (Å²) < 4.78 is 0. The molecular weight excluding hydrogens is 340 g/mol. The third kappa shape index (κ3) is 3.46. The molecule has 1 N–H and O–H groups in total. The Morgan fingerprint density at radius 3 is 2.04 bits per heavy atom. The van der Waals surface area contributed by atoms with Gasteiger partial charge < -0.3 is 5.32 Å². The summed E-state index contributed by atoms with van der Waals surface area (Å²) in [5, 5.41) is 3.08. The lowest BCUT2D eigenvalue weighted by atomic mass is 10.1. The van der Waals surface area contributed by atoms with E-state index >= 15 is 0 Å². The zero-order valence-corrected chi connectivity index (χ0v) is 15.2. The zero-order valence-electron chi connectivity index (χ0n) is 14.4. The maximum atomic E-state index is 12.9. The van der Waals surface area contributed by atoms with E-state index in [2.05, 4.69) is 29.6 Å². The van der Waals surface area contributed by atoms with Crippen LogP contribution in [-0.4, -0.2) is 12.6 Å². The van der Waals surface area contributed by atoms with Crippen LogP contribution in [0.3, 0.4) is 0 Å². The third-order valence-corrected chi connectivity index (χ3v) is 5.53. The first-order chi connectivity index (χ1) is 12.8. The first-order valence-corrected chi connectivity index (χ1v) is 9.62. The number of benzene rings is 3. The summed E-state index contributed by atoms with van der Waals surface area (Å²) in [5.41, 5.74) is 3.18. The largest absolute Gasteiger partial charge is 0.337 e. The molecule has 0 spiro atoms. The number of urea groups is 1. The molecule has 0 saturated carbocycles. The van der Waals surface area contributed by atoms with Crippen LogP contribution in [0, 0.1) is 0 Å². The first kappa shape index (κ1) is 16.7. The van der Waals surface area contributed by atoms with E-state index in [1.807, 2.05) is 54.6 Å². The fraction of sp³-hybridized carbons (Fsp3) is 0.136. The van der Waals surface area contributed by atoms with Gasteiger partial charge in [-0.1, -0.05) is 66.4 Å². The maximum Gasteiger partial charge on any atom is 0.326 e. The van der Waals surface area contributed by atoms with Crippen LogP contribution in [0.2, 0.25) is 0 Å². The molecule has 3 nitrogen and oxygen atoms in total. The van der Waals surface area contributed by atoms with Crippen LogP contribution < -0.4 is 10.2 Å². The normalized spacial score (nSPS) is 12.2. The molecule has 0 radical (unpaired) electrons. The molecule has 130 valence electrons. The van der Waals surface area contributed by atoms with E-state index < -0.39 is 0 Å². The number of carbonyl (C=O) groups excluding carboxylic acids is 1. The minimum Gasteiger partial charge on any atom is -0.337 e. The molecule has 2 amide bonds. The number of nitrogens with zero attached hydrogens (tertiary/aromatic N) is 1. The third-order valence-electron chi connectivity index (χ3n) is 4.40. The van der Waals surface area contributed by atoms with Gasteiger partial charge in [0.1, 0.15) is 0 Å². The minimum atomic E-state index is -0.0711. The van der Waals surface area contributed by atoms with Gasteiger partial charge in [-0.05, 0) is 42.7 Å². The molecule has 0 aromatic heterocycles. The van der Waals surface area contributed by atoms with Crippen LogP contribution in [0.15, 0.2) is 88.7 Å². The minimum absolute atomic E-state index is 0.0711. The molecule has 1 aliphatic rings. The number of para-hydroxylation sites is 2. The Bertz CT molecular complexity index is 865. The summed E-state index contributed by atoms with van der Waals surface area (Å²) in [4.78, 5) is 16.9. The number of hydrogen-bond donors (Lipinski definition) is 1. The fourth-order valence-electron chi connectivity index (χ4n) is 3.13. The lowest BCUT2D eigenvalue weighted by Crippen LogP contribution is -2.38. The quantitative estimate of drug-likeness (QED) is 0.611. The molecule has 1 heterocycles. The molecule has 26 heavy (non-hydrogen) atoms. The lowest BCUT2D eigenvalue weighted by molar-refractivity contribution is 0.248. The van der Waals surface area contributed by atoms with Crippen molar-refractivity contribution in [1.82, 2.24) is 5.32 Å². The maximum absolute atomic E-state index is 12.9. The number of aryl methyl sites for hydroxylation is 1. The molecule has 4 heteroatoms. The van der Waals surface area contributed by atoms with Gasteiger partial charge in [0, 0.05) is 16.3 Å². The molecule has 0 bridgehead atoms. The Balaban J connectivity index is 1.47. The molecule has 3 aromatic carbocycles. The van der Waals surface area contributed by atoms with Crippen molar-refractivity contribution >= 4 is 29.2 Å². The summed E-state index contributed by atoms with van der Waals surface area (Å²) in [6, 6.07) is 26.4. The van der Waals surface area contributed by atoms with Crippen molar-refractivity contribution in [3.05, 3.63) is 84.4 Å². The molecular formula is C22H20N2OS. The Kier molecular flexibility index (Phi) is 4.93. The number of carbonyl (C=O) groups is 1. The fourth-order valence-corrected chi connectivity index (χ4v) is 4.19. The van der Waals surface area contributed by atoms with Crippen molar-refractivity contribution in [1.29, 1.82) is 0 Å². The van der Waals surface area contributed by atoms with Crippen molar-refractivity contribution in [3.63, 3.8) is 0 Å². The topological polar surface area (TPSA) is 32.3 Å². The summed E-state index contributed by atoms with van der Waals surface area (Å²) in [6.45, 7) is 0.654. The van der Waals surface area contributed by atoms with Crippen molar-refractivity contribution < 1.29 is 4.79 Å². The predicted molar refractivity (Wildman–Crippen MR) is 107 cm³/mol. The van der Waals surface area contributed by atoms with Crippen LogP contribution in [0.1, 0.15) is 12.0 Å². The van der Waals surface area contributed by atoms with Crippen LogP contribution in [-0.2, 0) is 6.42 Å². The second-order valence-electron chi connectivity index (χ2n) is 6.19. The van der Waals surface area contributed by atoms with Crippen molar-refractivity contribution in [2.45, 2.75) is 22.6 Å². The number of amides is 2. The molecule has 4 rings (SSSR count). The highest BCUT2D eigenvalue weighted by molar-refractivity contribution is 7.99. The molecule has 0 fully saturated rings. The predicted octanol–water partition coefficient (Wildman–Crippen LogP) is 5.63. The number of nitrogens with one attached hydrogen (secondary N) is 1. The van der Waals surface area contributed by atoms with Gasteiger partial charge in [-0.15, -0.1) is 0 Å². The molecule has 0 atom stereocenters. The van der Waals surface area contributed by atoms with Gasteiger partial charge in [0.2, 0.25) is 0 Å². The summed E-state index contributed by atoms with van der Waals surface area (Å²) >= 11 is 1.71.